The van der Waals surface area contributed by atoms with Gasteiger partial charge < -0.3 is 4.90 Å². The van der Waals surface area contributed by atoms with Crippen molar-refractivity contribution in [3.8, 4) is 33.4 Å². The molecule has 0 amide bonds. The Kier molecular flexibility index (Phi) is 7.22. The van der Waals surface area contributed by atoms with Crippen LogP contribution in [0.25, 0.3) is 65.7 Å². The minimum atomic E-state index is 1.11. The summed E-state index contributed by atoms with van der Waals surface area (Å²) in [6, 6.07) is 72.4. The normalized spacial score (nSPS) is 11.3. The van der Waals surface area contributed by atoms with Gasteiger partial charge in [0.25, 0.3) is 0 Å². The molecule has 0 aliphatic rings. The van der Waals surface area contributed by atoms with Crippen LogP contribution in [0, 0.1) is 0 Å². The maximum atomic E-state index is 2.35. The largest absolute Gasteiger partial charge is 0.310 e. The number of hydrogen-bond donors (Lipinski definition) is 0. The van der Waals surface area contributed by atoms with Gasteiger partial charge in [-0.05, 0) is 108 Å². The van der Waals surface area contributed by atoms with Gasteiger partial charge in [-0.1, -0.05) is 158 Å². The minimum Gasteiger partial charge on any atom is -0.310 e. The van der Waals surface area contributed by atoms with Crippen molar-refractivity contribution in [3.63, 3.8) is 0 Å². The topological polar surface area (TPSA) is 3.24 Å². The third-order valence-electron chi connectivity index (χ3n) is 9.65. The van der Waals surface area contributed by atoms with E-state index in [1.807, 2.05) is 0 Å². The second-order valence-corrected chi connectivity index (χ2v) is 12.6. The summed E-state index contributed by atoms with van der Waals surface area (Å²) in [4.78, 5) is 2.35. The second-order valence-electron chi connectivity index (χ2n) is 12.6. The highest BCUT2D eigenvalue weighted by Gasteiger charge is 2.15. The molecule has 9 aromatic rings. The van der Waals surface area contributed by atoms with Crippen LogP contribution in [0.2, 0.25) is 0 Å². The number of fused-ring (bicyclic) bond motifs is 5. The fraction of sp³-hybridized carbons (Fsp3) is 0. The molecule has 1 heteroatoms. The van der Waals surface area contributed by atoms with Gasteiger partial charge in [0.1, 0.15) is 0 Å². The molecule has 0 aliphatic carbocycles. The predicted octanol–water partition coefficient (Wildman–Crippen LogP) is 13.6. The molecule has 0 N–H and O–H groups in total. The maximum Gasteiger partial charge on any atom is 0.0467 e. The molecule has 0 saturated carbocycles. The van der Waals surface area contributed by atoms with Gasteiger partial charge >= 0.3 is 0 Å². The molecule has 49 heavy (non-hydrogen) atoms. The van der Waals surface area contributed by atoms with Crippen molar-refractivity contribution in [2.45, 2.75) is 0 Å². The molecule has 9 aromatic carbocycles. The smallest absolute Gasteiger partial charge is 0.0467 e. The molecule has 1 nitrogen and oxygen atoms in total. The zero-order chi connectivity index (χ0) is 32.6. The number of anilines is 3. The van der Waals surface area contributed by atoms with Gasteiger partial charge in [-0.25, -0.2) is 0 Å². The number of nitrogens with zero attached hydrogens (tertiary/aromatic N) is 1. The fourth-order valence-electron chi connectivity index (χ4n) is 7.14. The highest BCUT2D eigenvalue weighted by molar-refractivity contribution is 6.17. The standard InChI is InChI=1S/C48H33N/c1-3-10-34(11-4-1)36-20-26-42(27-21-36)49(44-16-9-15-40(32-44)35-12-5-2-6-13-35)43-28-22-37(23-29-43)41-19-18-39-25-30-46-45-17-8-7-14-38(45)24-31-47(46)48(39)33-41/h1-33H. The first-order valence-electron chi connectivity index (χ1n) is 16.8. The first-order valence-corrected chi connectivity index (χ1v) is 16.8. The highest BCUT2D eigenvalue weighted by Crippen LogP contribution is 2.39. The fourth-order valence-corrected chi connectivity index (χ4v) is 7.14. The van der Waals surface area contributed by atoms with Gasteiger partial charge in [0, 0.05) is 17.1 Å². The van der Waals surface area contributed by atoms with E-state index < -0.39 is 0 Å². The lowest BCUT2D eigenvalue weighted by molar-refractivity contribution is 1.28. The summed E-state index contributed by atoms with van der Waals surface area (Å²) in [6.45, 7) is 0. The summed E-state index contributed by atoms with van der Waals surface area (Å²) in [7, 11) is 0. The molecule has 0 bridgehead atoms. The van der Waals surface area contributed by atoms with Crippen molar-refractivity contribution < 1.29 is 0 Å². The van der Waals surface area contributed by atoms with E-state index in [2.05, 4.69) is 205 Å². The summed E-state index contributed by atoms with van der Waals surface area (Å²) in [6.07, 6.45) is 0. The van der Waals surface area contributed by atoms with Crippen molar-refractivity contribution in [1.29, 1.82) is 0 Å². The summed E-state index contributed by atoms with van der Waals surface area (Å²) in [5, 5.41) is 7.69. The van der Waals surface area contributed by atoms with Crippen LogP contribution in [-0.4, -0.2) is 0 Å². The molecular weight excluding hydrogens is 591 g/mol. The number of rotatable bonds is 6. The van der Waals surface area contributed by atoms with Gasteiger partial charge in [0.15, 0.2) is 0 Å². The molecule has 0 aromatic heterocycles. The molecule has 0 spiro atoms. The highest BCUT2D eigenvalue weighted by atomic mass is 15.1. The van der Waals surface area contributed by atoms with Gasteiger partial charge in [0.2, 0.25) is 0 Å². The average Bonchev–Trinajstić information content (AvgIpc) is 3.19. The zero-order valence-corrected chi connectivity index (χ0v) is 27.0. The summed E-state index contributed by atoms with van der Waals surface area (Å²) in [5.74, 6) is 0. The van der Waals surface area contributed by atoms with Gasteiger partial charge in [-0.3, -0.25) is 0 Å². The lowest BCUT2D eigenvalue weighted by Gasteiger charge is -2.26. The Labute approximate surface area is 287 Å². The Hall–Kier alpha value is -6.44. The molecule has 9 rings (SSSR count). The molecule has 0 radical (unpaired) electrons. The van der Waals surface area contributed by atoms with Crippen LogP contribution in [0.1, 0.15) is 0 Å². The Morgan fingerprint density at radius 3 is 1.35 bits per heavy atom. The Bertz CT molecular complexity index is 2570. The van der Waals surface area contributed by atoms with Crippen LogP contribution in [0.5, 0.6) is 0 Å². The third kappa shape index (κ3) is 5.42. The first kappa shape index (κ1) is 28.8. The van der Waals surface area contributed by atoms with E-state index in [-0.39, 0.29) is 0 Å². The zero-order valence-electron chi connectivity index (χ0n) is 27.0. The summed E-state index contributed by atoms with van der Waals surface area (Å²) in [5.41, 5.74) is 10.6. The predicted molar refractivity (Wildman–Crippen MR) is 210 cm³/mol. The molecule has 0 aliphatic heterocycles. The second kappa shape index (κ2) is 12.3. The number of benzene rings is 9. The lowest BCUT2D eigenvalue weighted by atomic mass is 9.94. The van der Waals surface area contributed by atoms with Crippen LogP contribution in [-0.2, 0) is 0 Å². The van der Waals surface area contributed by atoms with E-state index in [1.54, 1.807) is 0 Å². The van der Waals surface area contributed by atoms with Crippen molar-refractivity contribution in [1.82, 2.24) is 0 Å². The van der Waals surface area contributed by atoms with Crippen LogP contribution in [0.3, 0.4) is 0 Å². The first-order chi connectivity index (χ1) is 24.3. The Morgan fingerprint density at radius 1 is 0.224 bits per heavy atom. The monoisotopic (exact) mass is 623 g/mol. The SMILES string of the molecule is c1ccc(-c2ccc(N(c3ccc(-c4ccc5ccc6c7ccccc7ccc6c5c4)cc3)c3cccc(-c4ccccc4)c3)cc2)cc1. The summed E-state index contributed by atoms with van der Waals surface area (Å²) < 4.78 is 0. The summed E-state index contributed by atoms with van der Waals surface area (Å²) >= 11 is 0. The van der Waals surface area contributed by atoms with E-state index >= 15 is 0 Å². The molecule has 0 atom stereocenters. The molecule has 230 valence electrons. The third-order valence-corrected chi connectivity index (χ3v) is 9.65. The van der Waals surface area contributed by atoms with Crippen LogP contribution < -0.4 is 4.90 Å². The van der Waals surface area contributed by atoms with Crippen LogP contribution in [0.15, 0.2) is 200 Å². The van der Waals surface area contributed by atoms with Crippen molar-refractivity contribution >= 4 is 49.4 Å². The maximum absolute atomic E-state index is 2.35. The Morgan fingerprint density at radius 2 is 0.673 bits per heavy atom. The van der Waals surface area contributed by atoms with Crippen molar-refractivity contribution in [2.75, 3.05) is 4.90 Å². The number of hydrogen-bond acceptors (Lipinski definition) is 1. The van der Waals surface area contributed by atoms with Gasteiger partial charge in [-0.15, -0.1) is 0 Å². The van der Waals surface area contributed by atoms with Crippen molar-refractivity contribution in [2.24, 2.45) is 0 Å². The molecule has 0 heterocycles. The van der Waals surface area contributed by atoms with E-state index in [1.165, 1.54) is 65.7 Å². The van der Waals surface area contributed by atoms with E-state index in [0.29, 0.717) is 0 Å². The van der Waals surface area contributed by atoms with E-state index in [9.17, 15) is 0 Å². The van der Waals surface area contributed by atoms with Crippen LogP contribution >= 0.6 is 0 Å². The van der Waals surface area contributed by atoms with Crippen LogP contribution in [0.4, 0.5) is 17.1 Å². The minimum absolute atomic E-state index is 1.11. The van der Waals surface area contributed by atoms with Gasteiger partial charge in [0.05, 0.1) is 0 Å². The molecule has 0 saturated heterocycles. The molecule has 0 fully saturated rings. The quantitative estimate of drug-likeness (QED) is 0.167. The Balaban J connectivity index is 1.12. The van der Waals surface area contributed by atoms with E-state index in [4.69, 9.17) is 0 Å². The molecular formula is C48H33N. The van der Waals surface area contributed by atoms with E-state index in [0.717, 1.165) is 17.1 Å². The lowest BCUT2D eigenvalue weighted by Crippen LogP contribution is -2.10. The van der Waals surface area contributed by atoms with Gasteiger partial charge in [-0.2, -0.15) is 0 Å². The molecule has 0 unspecified atom stereocenters. The average molecular weight is 624 g/mol. The van der Waals surface area contributed by atoms with Crippen molar-refractivity contribution in [3.05, 3.63) is 200 Å².